The summed E-state index contributed by atoms with van der Waals surface area (Å²) in [5.41, 5.74) is 0.688. The topological polar surface area (TPSA) is 156 Å². The predicted molar refractivity (Wildman–Crippen MR) is 190 cm³/mol. The first-order valence-corrected chi connectivity index (χ1v) is 17.7. The van der Waals surface area contributed by atoms with Crippen LogP contribution < -0.4 is 16.0 Å². The first-order valence-electron chi connectivity index (χ1n) is 16.9. The molecule has 0 aliphatic rings. The molecule has 272 valence electrons. The minimum Gasteiger partial charge on any atom is -0.469 e. The van der Waals surface area contributed by atoms with E-state index in [2.05, 4.69) is 20.9 Å². The monoisotopic (exact) mass is 701 g/mol. The summed E-state index contributed by atoms with van der Waals surface area (Å²) < 4.78 is 10.6. The van der Waals surface area contributed by atoms with E-state index in [9.17, 15) is 24.0 Å². The van der Waals surface area contributed by atoms with Crippen molar-refractivity contribution in [2.24, 2.45) is 11.8 Å². The number of benzene rings is 1. The van der Waals surface area contributed by atoms with E-state index in [1.54, 1.807) is 24.3 Å². The Labute approximate surface area is 295 Å². The first kappa shape index (κ1) is 41.2. The van der Waals surface area contributed by atoms with Gasteiger partial charge in [0.05, 0.1) is 13.0 Å². The number of hydrogen-bond acceptors (Lipinski definition) is 9. The average Bonchev–Trinajstić information content (AvgIpc) is 3.51. The number of amides is 4. The van der Waals surface area contributed by atoms with Gasteiger partial charge in [-0.15, -0.1) is 11.3 Å². The molecule has 0 bridgehead atoms. The molecular formula is C36H55N5O7S. The number of hydrogen-bond donors (Lipinski definition) is 3. The van der Waals surface area contributed by atoms with Gasteiger partial charge in [-0.3, -0.25) is 19.2 Å². The van der Waals surface area contributed by atoms with Crippen LogP contribution in [0.2, 0.25) is 0 Å². The number of carbonyl (C=O) groups excluding carboxylic acids is 5. The fourth-order valence-corrected chi connectivity index (χ4v) is 6.44. The number of urea groups is 1. The third-order valence-corrected chi connectivity index (χ3v) is 8.92. The first-order chi connectivity index (χ1) is 22.9. The van der Waals surface area contributed by atoms with Gasteiger partial charge in [0.2, 0.25) is 5.91 Å². The molecule has 1 aromatic carbocycles. The lowest BCUT2D eigenvalue weighted by Crippen LogP contribution is -2.55. The van der Waals surface area contributed by atoms with E-state index in [4.69, 9.17) is 9.47 Å². The maximum atomic E-state index is 13.8. The Bertz CT molecular complexity index is 1390. The highest BCUT2D eigenvalue weighted by atomic mass is 32.1. The van der Waals surface area contributed by atoms with Gasteiger partial charge in [-0.2, -0.15) is 0 Å². The second kappa shape index (κ2) is 19.3. The van der Waals surface area contributed by atoms with Crippen LogP contribution in [0.3, 0.4) is 0 Å². The van der Waals surface area contributed by atoms with Crippen LogP contribution in [-0.4, -0.2) is 77.5 Å². The number of likely N-dealkylation sites (N-methyl/N-ethyl adjacent to an activating group) is 1. The van der Waals surface area contributed by atoms with Crippen molar-refractivity contribution >= 4 is 41.1 Å². The molecule has 0 radical (unpaired) electrons. The van der Waals surface area contributed by atoms with E-state index in [1.807, 2.05) is 71.9 Å². The van der Waals surface area contributed by atoms with E-state index >= 15 is 0 Å². The van der Waals surface area contributed by atoms with Gasteiger partial charge in [0.15, 0.2) is 6.10 Å². The van der Waals surface area contributed by atoms with Crippen molar-refractivity contribution in [3.63, 3.8) is 0 Å². The highest BCUT2D eigenvalue weighted by Crippen LogP contribution is 2.31. The molecule has 2 aromatic rings. The van der Waals surface area contributed by atoms with Crippen molar-refractivity contribution in [2.75, 3.05) is 14.2 Å². The number of nitrogens with zero attached hydrogens (tertiary/aromatic N) is 2. The Morgan fingerprint density at radius 1 is 1.00 bits per heavy atom. The Balaban J connectivity index is 2.29. The van der Waals surface area contributed by atoms with Gasteiger partial charge in [-0.25, -0.2) is 9.78 Å². The van der Waals surface area contributed by atoms with Crippen molar-refractivity contribution in [1.29, 1.82) is 0 Å². The molecule has 0 fully saturated rings. The highest BCUT2D eigenvalue weighted by molar-refractivity contribution is 7.09. The summed E-state index contributed by atoms with van der Waals surface area (Å²) in [6, 6.07) is 7.73. The molecule has 0 saturated carbocycles. The molecule has 5 atom stereocenters. The molecule has 0 saturated heterocycles. The van der Waals surface area contributed by atoms with Crippen molar-refractivity contribution in [3.8, 4) is 0 Å². The van der Waals surface area contributed by atoms with Crippen LogP contribution in [0, 0.1) is 11.8 Å². The zero-order valence-corrected chi connectivity index (χ0v) is 31.4. The Morgan fingerprint density at radius 2 is 1.65 bits per heavy atom. The summed E-state index contributed by atoms with van der Waals surface area (Å²) in [6.07, 6.45) is 1.40. The maximum Gasteiger partial charge on any atom is 0.315 e. The summed E-state index contributed by atoms with van der Waals surface area (Å²) in [5.74, 6) is -2.04. The van der Waals surface area contributed by atoms with Crippen LogP contribution in [0.25, 0.3) is 0 Å². The molecule has 1 aromatic heterocycles. The van der Waals surface area contributed by atoms with Gasteiger partial charge in [0.1, 0.15) is 16.7 Å². The van der Waals surface area contributed by atoms with E-state index in [0.717, 1.165) is 5.56 Å². The molecule has 2 rings (SSSR count). The van der Waals surface area contributed by atoms with E-state index < -0.39 is 41.5 Å². The maximum absolute atomic E-state index is 13.8. The number of methoxy groups -OCH3 is 1. The molecule has 49 heavy (non-hydrogen) atoms. The molecule has 0 aliphatic carbocycles. The smallest absolute Gasteiger partial charge is 0.315 e. The Morgan fingerprint density at radius 3 is 2.20 bits per heavy atom. The van der Waals surface area contributed by atoms with Crippen molar-refractivity contribution < 1.29 is 33.4 Å². The Hall–Kier alpha value is -4.00. The van der Waals surface area contributed by atoms with Gasteiger partial charge in [-0.05, 0) is 51.5 Å². The number of rotatable bonds is 17. The lowest BCUT2D eigenvalue weighted by molar-refractivity contribution is -0.149. The van der Waals surface area contributed by atoms with E-state index in [-0.39, 0.29) is 42.0 Å². The largest absolute Gasteiger partial charge is 0.469 e. The second-order valence-corrected chi connectivity index (χ2v) is 14.8. The molecule has 3 N–H and O–H groups in total. The standard InChI is InChI=1S/C36H55N5O7S/c1-11-15-27(39-35(46)40-36(6,7)8)33(44)41(9)29(22(2)3)20-30(48-24(5)42)32-38-28(21-49-32)31(43)37-26(18-23(4)34(45)47-10)19-25-16-13-12-14-17-25/h12-14,16-17,21-23,26-27,29-30H,11,15,18-20H2,1-10H3,(H,37,43)(H2,39,40,46)/t23-,26+,27-,29+,30+/m0/s1. The van der Waals surface area contributed by atoms with Crippen LogP contribution in [0.15, 0.2) is 35.7 Å². The average molecular weight is 702 g/mol. The summed E-state index contributed by atoms with van der Waals surface area (Å²) in [4.78, 5) is 70.5. The molecule has 0 spiro atoms. The fraction of sp³-hybridized carbons (Fsp3) is 0.611. The molecule has 0 aliphatic heterocycles. The highest BCUT2D eigenvalue weighted by Gasteiger charge is 2.34. The predicted octanol–water partition coefficient (Wildman–Crippen LogP) is 5.43. The number of carbonyl (C=O) groups is 5. The zero-order valence-electron chi connectivity index (χ0n) is 30.6. The second-order valence-electron chi connectivity index (χ2n) is 13.9. The van der Waals surface area contributed by atoms with Gasteiger partial charge in [0, 0.05) is 43.4 Å². The zero-order chi connectivity index (χ0) is 36.9. The van der Waals surface area contributed by atoms with Gasteiger partial charge in [-0.1, -0.05) is 64.4 Å². The summed E-state index contributed by atoms with van der Waals surface area (Å²) in [6.45, 7) is 14.5. The number of ether oxygens (including phenoxy) is 2. The van der Waals surface area contributed by atoms with Crippen molar-refractivity contribution in [3.05, 3.63) is 52.0 Å². The fourth-order valence-electron chi connectivity index (χ4n) is 5.60. The van der Waals surface area contributed by atoms with Crippen LogP contribution >= 0.6 is 11.3 Å². The minimum absolute atomic E-state index is 0.0454. The summed E-state index contributed by atoms with van der Waals surface area (Å²) in [5, 5.41) is 10.7. The molecule has 4 amide bonds. The molecule has 0 unspecified atom stereocenters. The van der Waals surface area contributed by atoms with Crippen LogP contribution in [0.5, 0.6) is 0 Å². The number of aromatic nitrogens is 1. The van der Waals surface area contributed by atoms with Gasteiger partial charge >= 0.3 is 18.0 Å². The number of nitrogens with one attached hydrogen (secondary N) is 3. The van der Waals surface area contributed by atoms with Crippen molar-refractivity contribution in [2.45, 2.75) is 117 Å². The van der Waals surface area contributed by atoms with Gasteiger partial charge in [0.25, 0.3) is 5.91 Å². The van der Waals surface area contributed by atoms with Crippen LogP contribution in [0.4, 0.5) is 4.79 Å². The molecular weight excluding hydrogens is 646 g/mol. The normalized spacial score (nSPS) is 14.5. The van der Waals surface area contributed by atoms with Crippen molar-refractivity contribution in [1.82, 2.24) is 25.8 Å². The molecule has 13 heteroatoms. The third-order valence-electron chi connectivity index (χ3n) is 7.98. The number of thiazole rings is 1. The molecule has 1 heterocycles. The van der Waals surface area contributed by atoms with E-state index in [1.165, 1.54) is 25.4 Å². The molecule has 12 nitrogen and oxygen atoms in total. The Kier molecular flexibility index (Phi) is 16.2. The van der Waals surface area contributed by atoms with E-state index in [0.29, 0.717) is 30.7 Å². The summed E-state index contributed by atoms with van der Waals surface area (Å²) >= 11 is 1.19. The van der Waals surface area contributed by atoms with Crippen LogP contribution in [-0.2, 0) is 30.3 Å². The van der Waals surface area contributed by atoms with Crippen LogP contribution in [0.1, 0.15) is 108 Å². The SMILES string of the molecule is CCC[C@H](NC(=O)NC(C)(C)C)C(=O)N(C)[C@H](C[C@@H](OC(C)=O)c1nc(C(=O)N[C@@H](Cc2ccccc2)C[C@H](C)C(=O)OC)cs1)C(C)C. The third kappa shape index (κ3) is 13.8. The summed E-state index contributed by atoms with van der Waals surface area (Å²) in [7, 11) is 3.03. The van der Waals surface area contributed by atoms with Gasteiger partial charge < -0.3 is 30.3 Å². The minimum atomic E-state index is -0.826. The number of esters is 2. The quantitative estimate of drug-likeness (QED) is 0.185. The lowest BCUT2D eigenvalue weighted by atomic mass is 9.95. The lowest BCUT2D eigenvalue weighted by Gasteiger charge is -2.36.